The summed E-state index contributed by atoms with van der Waals surface area (Å²) in [4.78, 5) is 9.33. The van der Waals surface area contributed by atoms with E-state index in [9.17, 15) is 4.79 Å². The van der Waals surface area contributed by atoms with Crippen molar-refractivity contribution in [3.8, 4) is 0 Å². The minimum absolute atomic E-state index is 0.405. The minimum atomic E-state index is -1.50. The van der Waals surface area contributed by atoms with Gasteiger partial charge in [-0.15, -0.1) is 0 Å². The topological polar surface area (TPSA) is 79.1 Å². The van der Waals surface area contributed by atoms with Crippen molar-refractivity contribution in [1.82, 2.24) is 0 Å². The van der Waals surface area contributed by atoms with Gasteiger partial charge in [0.05, 0.1) is 0 Å². The summed E-state index contributed by atoms with van der Waals surface area (Å²) < 4.78 is 3.57. The zero-order chi connectivity index (χ0) is 5.70. The van der Waals surface area contributed by atoms with Gasteiger partial charge in [-0.05, 0) is 0 Å². The van der Waals surface area contributed by atoms with E-state index in [1.165, 1.54) is 0 Å². The van der Waals surface area contributed by atoms with Crippen molar-refractivity contribution in [2.75, 3.05) is 0 Å². The van der Waals surface area contributed by atoms with E-state index in [0.717, 1.165) is 0 Å². The highest BCUT2D eigenvalue weighted by atomic mass is 16.7. The summed E-state index contributed by atoms with van der Waals surface area (Å²) in [5, 5.41) is 17.4. The Morgan fingerprint density at radius 2 is 2.43 bits per heavy atom. The molecule has 0 aliphatic heterocycles. The van der Waals surface area contributed by atoms with Crippen LogP contribution in [0.5, 0.6) is 0 Å². The lowest BCUT2D eigenvalue weighted by Gasteiger charge is -1.81. The number of carbonyl (C=O) groups is 1. The van der Waals surface area contributed by atoms with Crippen molar-refractivity contribution in [3.63, 3.8) is 0 Å². The maximum atomic E-state index is 9.33. The monoisotopic (exact) mass is 105 g/mol. The molecule has 0 saturated heterocycles. The molecule has 40 valence electrons. The summed E-state index contributed by atoms with van der Waals surface area (Å²) in [6.07, 6.45) is -1.10. The Labute approximate surface area is 38.8 Å². The van der Waals surface area contributed by atoms with Crippen LogP contribution in [-0.4, -0.2) is 22.9 Å². The fraction of sp³-hybridized carbons (Fsp3) is 0. The van der Waals surface area contributed by atoms with Crippen LogP contribution in [0, 0.1) is 0 Å². The molecule has 0 aromatic heterocycles. The molecule has 2 N–H and O–H groups in total. The van der Waals surface area contributed by atoms with Gasteiger partial charge in [0.15, 0.2) is 0 Å². The summed E-state index contributed by atoms with van der Waals surface area (Å²) in [7, 11) is 0. The van der Waals surface area contributed by atoms with Crippen molar-refractivity contribution >= 4 is 12.6 Å². The summed E-state index contributed by atoms with van der Waals surface area (Å²) in [6.45, 7) is 0. The molecule has 0 radical (unpaired) electrons. The van der Waals surface area contributed by atoms with Crippen LogP contribution in [-0.2, 0) is 4.74 Å². The van der Waals surface area contributed by atoms with Crippen molar-refractivity contribution in [3.05, 3.63) is 0 Å². The molecular formula is C2H3NO4. The van der Waals surface area contributed by atoms with E-state index in [2.05, 4.69) is 9.89 Å². The van der Waals surface area contributed by atoms with E-state index in [1.807, 2.05) is 0 Å². The van der Waals surface area contributed by atoms with E-state index in [0.29, 0.717) is 6.40 Å². The third-order valence-corrected chi connectivity index (χ3v) is 0.201. The van der Waals surface area contributed by atoms with Gasteiger partial charge in [-0.1, -0.05) is 5.16 Å². The Bertz CT molecular complexity index is 87.7. The van der Waals surface area contributed by atoms with Gasteiger partial charge in [-0.3, -0.25) is 0 Å². The average molecular weight is 105 g/mol. The van der Waals surface area contributed by atoms with Gasteiger partial charge in [-0.25, -0.2) is 4.79 Å². The lowest BCUT2D eigenvalue weighted by atomic mass is 11.3. The number of oxime groups is 1. The summed E-state index contributed by atoms with van der Waals surface area (Å²) >= 11 is 0. The summed E-state index contributed by atoms with van der Waals surface area (Å²) in [5.74, 6) is 0. The van der Waals surface area contributed by atoms with Crippen molar-refractivity contribution in [1.29, 1.82) is 0 Å². The average Bonchev–Trinajstić information content (AvgIpc) is 1.61. The highest BCUT2D eigenvalue weighted by Crippen LogP contribution is 1.66. The second-order valence-electron chi connectivity index (χ2n) is 0.605. The van der Waals surface area contributed by atoms with Gasteiger partial charge < -0.3 is 15.1 Å². The molecule has 0 aliphatic rings. The first-order valence-electron chi connectivity index (χ1n) is 1.33. The first-order chi connectivity index (χ1) is 3.27. The Morgan fingerprint density at radius 3 is 2.57 bits per heavy atom. The van der Waals surface area contributed by atoms with E-state index in [4.69, 9.17) is 10.3 Å². The number of rotatable bonds is 1. The molecular weight excluding hydrogens is 102 g/mol. The highest BCUT2D eigenvalue weighted by molar-refractivity contribution is 5.69. The van der Waals surface area contributed by atoms with Gasteiger partial charge in [0.1, 0.15) is 0 Å². The predicted octanol–water partition coefficient (Wildman–Crippen LogP) is 0.0985. The molecule has 5 nitrogen and oxygen atoms in total. The van der Waals surface area contributed by atoms with Gasteiger partial charge in [0, 0.05) is 0 Å². The fourth-order valence-electron chi connectivity index (χ4n) is 0.0687. The molecule has 0 rings (SSSR count). The molecule has 0 fully saturated rings. The largest absolute Gasteiger partial charge is 0.512 e. The van der Waals surface area contributed by atoms with Crippen LogP contribution in [0.25, 0.3) is 0 Å². The highest BCUT2D eigenvalue weighted by Gasteiger charge is 1.87. The number of carboxylic acid groups (broad SMARTS) is 1. The van der Waals surface area contributed by atoms with Crippen LogP contribution in [0.4, 0.5) is 4.79 Å². The Morgan fingerprint density at radius 1 is 1.86 bits per heavy atom. The van der Waals surface area contributed by atoms with Crippen LogP contribution < -0.4 is 0 Å². The van der Waals surface area contributed by atoms with Crippen LogP contribution in [0.3, 0.4) is 0 Å². The van der Waals surface area contributed by atoms with Crippen molar-refractivity contribution in [2.45, 2.75) is 0 Å². The molecule has 0 aliphatic carbocycles. The summed E-state index contributed by atoms with van der Waals surface area (Å²) in [5.41, 5.74) is 0. The van der Waals surface area contributed by atoms with Crippen LogP contribution in [0.2, 0.25) is 0 Å². The van der Waals surface area contributed by atoms with E-state index in [1.54, 1.807) is 0 Å². The SMILES string of the molecule is O=C(O)OC=NO. The van der Waals surface area contributed by atoms with Crippen LogP contribution in [0.15, 0.2) is 5.16 Å². The molecule has 5 heteroatoms. The number of nitrogens with zero attached hydrogens (tertiary/aromatic N) is 1. The molecule has 0 saturated carbocycles. The molecule has 0 aromatic rings. The molecule has 0 aromatic carbocycles. The molecule has 0 bridgehead atoms. The second-order valence-corrected chi connectivity index (χ2v) is 0.605. The van der Waals surface area contributed by atoms with Gasteiger partial charge in [0.2, 0.25) is 6.40 Å². The lowest BCUT2D eigenvalue weighted by Crippen LogP contribution is -1.95. The second kappa shape index (κ2) is 2.95. The Balaban J connectivity index is 3.14. The predicted molar refractivity (Wildman–Crippen MR) is 19.4 cm³/mol. The zero-order valence-electron chi connectivity index (χ0n) is 3.24. The third kappa shape index (κ3) is 4.74. The number of hydrogen-bond donors (Lipinski definition) is 2. The van der Waals surface area contributed by atoms with Crippen molar-refractivity contribution < 1.29 is 19.8 Å². The summed E-state index contributed by atoms with van der Waals surface area (Å²) in [6, 6.07) is 0. The van der Waals surface area contributed by atoms with Crippen molar-refractivity contribution in [2.24, 2.45) is 5.16 Å². The normalized spacial score (nSPS) is 9.14. The zero-order valence-corrected chi connectivity index (χ0v) is 3.24. The quantitative estimate of drug-likeness (QED) is 0.163. The maximum Gasteiger partial charge on any atom is 0.512 e. The number of ether oxygens (including phenoxy) is 1. The standard InChI is InChI=1S/C2H3NO4/c4-2(5)7-1-3-6/h1,6H,(H,4,5). The Hall–Kier alpha value is -1.26. The Kier molecular flexibility index (Phi) is 2.42. The van der Waals surface area contributed by atoms with E-state index < -0.39 is 6.16 Å². The van der Waals surface area contributed by atoms with Crippen LogP contribution in [0.1, 0.15) is 0 Å². The first-order valence-corrected chi connectivity index (χ1v) is 1.33. The molecule has 7 heavy (non-hydrogen) atoms. The fourth-order valence-corrected chi connectivity index (χ4v) is 0.0687. The molecule has 0 unspecified atom stereocenters. The maximum absolute atomic E-state index is 9.33. The van der Waals surface area contributed by atoms with Gasteiger partial charge in [-0.2, -0.15) is 0 Å². The minimum Gasteiger partial charge on any atom is -0.449 e. The first kappa shape index (κ1) is 5.74. The number of hydrogen-bond acceptors (Lipinski definition) is 4. The third-order valence-electron chi connectivity index (χ3n) is 0.201. The van der Waals surface area contributed by atoms with Crippen LogP contribution >= 0.6 is 0 Å². The lowest BCUT2D eigenvalue weighted by molar-refractivity contribution is 0.140. The van der Waals surface area contributed by atoms with E-state index >= 15 is 0 Å². The molecule has 0 heterocycles. The molecule has 0 spiro atoms. The van der Waals surface area contributed by atoms with E-state index in [-0.39, 0.29) is 0 Å². The molecule has 0 atom stereocenters. The van der Waals surface area contributed by atoms with Gasteiger partial charge >= 0.3 is 6.16 Å². The van der Waals surface area contributed by atoms with Gasteiger partial charge in [0.25, 0.3) is 0 Å². The smallest absolute Gasteiger partial charge is 0.449 e. The molecule has 0 amide bonds.